The van der Waals surface area contributed by atoms with E-state index in [4.69, 9.17) is 4.42 Å². The Morgan fingerprint density at radius 3 is 2.63 bits per heavy atom. The van der Waals surface area contributed by atoms with Crippen molar-refractivity contribution in [2.45, 2.75) is 19.9 Å². The molecule has 3 aromatic rings. The van der Waals surface area contributed by atoms with Crippen LogP contribution in [0.5, 0.6) is 0 Å². The molecule has 0 aliphatic carbocycles. The van der Waals surface area contributed by atoms with Crippen molar-refractivity contribution < 1.29 is 14.0 Å². The number of hydrogen-bond donors (Lipinski definition) is 0. The Hall–Kier alpha value is -2.46. The highest BCUT2D eigenvalue weighted by atomic mass is 79.9. The molecule has 0 N–H and O–H groups in total. The average molecular weight is 537 g/mol. The lowest BCUT2D eigenvalue weighted by atomic mass is 10.1. The highest BCUT2D eigenvalue weighted by Gasteiger charge is 2.33. The van der Waals surface area contributed by atoms with Gasteiger partial charge in [-0.05, 0) is 63.4 Å². The van der Waals surface area contributed by atoms with Crippen LogP contribution in [0.1, 0.15) is 33.7 Å². The van der Waals surface area contributed by atoms with Gasteiger partial charge in [-0.1, -0.05) is 12.1 Å². The Kier molecular flexibility index (Phi) is 5.79. The lowest BCUT2D eigenvalue weighted by molar-refractivity contribution is 0.0389. The molecule has 1 aromatic carbocycles. The van der Waals surface area contributed by atoms with Crippen LogP contribution < -0.4 is 0 Å². The van der Waals surface area contributed by atoms with Crippen LogP contribution in [-0.2, 0) is 0 Å². The van der Waals surface area contributed by atoms with Crippen molar-refractivity contribution in [1.82, 2.24) is 24.6 Å². The maximum atomic E-state index is 12.9. The summed E-state index contributed by atoms with van der Waals surface area (Å²) in [6, 6.07) is 9.28. The molecular weight excluding hydrogens is 518 g/mol. The van der Waals surface area contributed by atoms with Gasteiger partial charge in [0.05, 0.1) is 10.2 Å². The molecule has 0 saturated carbocycles. The van der Waals surface area contributed by atoms with Crippen LogP contribution in [0, 0.1) is 6.92 Å². The number of furan rings is 1. The number of halogens is 2. The molecule has 1 aliphatic rings. The summed E-state index contributed by atoms with van der Waals surface area (Å²) in [6.45, 7) is 5.10. The number of aromatic nitrogens is 3. The van der Waals surface area contributed by atoms with E-state index in [1.165, 1.54) is 6.33 Å². The molecule has 4 rings (SSSR count). The second-order valence-electron chi connectivity index (χ2n) is 7.18. The quantitative estimate of drug-likeness (QED) is 0.510. The number of carbonyl (C=O) groups is 2. The Labute approximate surface area is 190 Å². The first-order chi connectivity index (χ1) is 14.3. The largest absolute Gasteiger partial charge is 0.443 e. The van der Waals surface area contributed by atoms with Gasteiger partial charge in [0.25, 0.3) is 11.8 Å². The van der Waals surface area contributed by atoms with Gasteiger partial charge in [0, 0.05) is 31.7 Å². The second-order valence-corrected chi connectivity index (χ2v) is 8.76. The minimum atomic E-state index is -0.246. The zero-order chi connectivity index (χ0) is 21.4. The van der Waals surface area contributed by atoms with E-state index in [2.05, 4.69) is 41.9 Å². The van der Waals surface area contributed by atoms with Crippen molar-refractivity contribution in [3.8, 4) is 5.69 Å². The van der Waals surface area contributed by atoms with E-state index in [0.717, 1.165) is 11.3 Å². The van der Waals surface area contributed by atoms with Crippen LogP contribution in [0.2, 0.25) is 0 Å². The number of rotatable bonds is 3. The average Bonchev–Trinajstić information content (AvgIpc) is 3.34. The van der Waals surface area contributed by atoms with Crippen LogP contribution in [-0.4, -0.2) is 62.1 Å². The SMILES string of the molecule is Cc1cccc(-n2cnc(C(=O)N3CCN(C(=O)c4cc(Br)c(Br)o4)C(C)C3)n2)c1. The van der Waals surface area contributed by atoms with Gasteiger partial charge < -0.3 is 14.2 Å². The summed E-state index contributed by atoms with van der Waals surface area (Å²) >= 11 is 6.57. The van der Waals surface area contributed by atoms with Gasteiger partial charge in [-0.15, -0.1) is 5.10 Å². The Morgan fingerprint density at radius 2 is 1.97 bits per heavy atom. The van der Waals surface area contributed by atoms with E-state index in [0.29, 0.717) is 28.8 Å². The molecule has 1 fully saturated rings. The van der Waals surface area contributed by atoms with Crippen molar-refractivity contribution in [3.05, 3.63) is 62.9 Å². The predicted molar refractivity (Wildman–Crippen MR) is 117 cm³/mol. The molecule has 0 spiro atoms. The number of carbonyl (C=O) groups excluding carboxylic acids is 2. The molecule has 0 bridgehead atoms. The number of benzene rings is 1. The zero-order valence-electron chi connectivity index (χ0n) is 16.4. The van der Waals surface area contributed by atoms with Gasteiger partial charge in [-0.25, -0.2) is 9.67 Å². The lowest BCUT2D eigenvalue weighted by Gasteiger charge is -2.39. The number of piperazine rings is 1. The van der Waals surface area contributed by atoms with Gasteiger partial charge in [-0.2, -0.15) is 0 Å². The molecule has 2 aromatic heterocycles. The monoisotopic (exact) mass is 535 g/mol. The van der Waals surface area contributed by atoms with E-state index in [-0.39, 0.29) is 29.4 Å². The van der Waals surface area contributed by atoms with Crippen LogP contribution in [0.4, 0.5) is 0 Å². The normalized spacial score (nSPS) is 16.7. The fourth-order valence-electron chi connectivity index (χ4n) is 3.43. The van der Waals surface area contributed by atoms with Crippen LogP contribution in [0.3, 0.4) is 0 Å². The number of hydrogen-bond acceptors (Lipinski definition) is 5. The third-order valence-corrected chi connectivity index (χ3v) is 6.69. The molecule has 8 nitrogen and oxygen atoms in total. The summed E-state index contributed by atoms with van der Waals surface area (Å²) in [5.74, 6) is -0.0620. The summed E-state index contributed by atoms with van der Waals surface area (Å²) in [6.07, 6.45) is 1.54. The summed E-state index contributed by atoms with van der Waals surface area (Å²) in [4.78, 5) is 33.3. The van der Waals surface area contributed by atoms with Gasteiger partial charge in [0.1, 0.15) is 6.33 Å². The molecular formula is C20H19Br2N5O3. The van der Waals surface area contributed by atoms with E-state index < -0.39 is 0 Å². The standard InChI is InChI=1S/C20H19Br2N5O3/c1-12-4-3-5-14(8-12)27-11-23-18(24-27)20(29)25-6-7-26(13(2)10-25)19(28)16-9-15(21)17(22)30-16/h3-5,8-9,11,13H,6-7,10H2,1-2H3. The minimum Gasteiger partial charge on any atom is -0.443 e. The predicted octanol–water partition coefficient (Wildman–Crippen LogP) is 3.68. The van der Waals surface area contributed by atoms with E-state index >= 15 is 0 Å². The topological polar surface area (TPSA) is 84.5 Å². The molecule has 10 heteroatoms. The number of nitrogens with zero attached hydrogens (tertiary/aromatic N) is 5. The first kappa shape index (κ1) is 20.8. The van der Waals surface area contributed by atoms with Crippen LogP contribution in [0.25, 0.3) is 5.69 Å². The summed E-state index contributed by atoms with van der Waals surface area (Å²) in [7, 11) is 0. The molecule has 1 saturated heterocycles. The van der Waals surface area contributed by atoms with E-state index in [1.807, 2.05) is 38.1 Å². The van der Waals surface area contributed by atoms with Gasteiger partial charge in [-0.3, -0.25) is 9.59 Å². The Balaban J connectivity index is 1.44. The van der Waals surface area contributed by atoms with Crippen molar-refractivity contribution in [1.29, 1.82) is 0 Å². The number of aryl methyl sites for hydroxylation is 1. The molecule has 3 heterocycles. The number of amides is 2. The van der Waals surface area contributed by atoms with Crippen LogP contribution >= 0.6 is 31.9 Å². The highest BCUT2D eigenvalue weighted by Crippen LogP contribution is 2.28. The third-order valence-electron chi connectivity index (χ3n) is 4.98. The van der Waals surface area contributed by atoms with E-state index in [9.17, 15) is 9.59 Å². The molecule has 1 aliphatic heterocycles. The molecule has 156 valence electrons. The fourth-order valence-corrected chi connectivity index (χ4v) is 4.01. The summed E-state index contributed by atoms with van der Waals surface area (Å²) in [5, 5.41) is 4.34. The Morgan fingerprint density at radius 1 is 1.17 bits per heavy atom. The van der Waals surface area contributed by atoms with Gasteiger partial charge in [0.2, 0.25) is 5.82 Å². The third kappa shape index (κ3) is 4.06. The summed E-state index contributed by atoms with van der Waals surface area (Å²) in [5.41, 5.74) is 1.95. The van der Waals surface area contributed by atoms with E-state index in [1.54, 1.807) is 20.5 Å². The fraction of sp³-hybridized carbons (Fsp3) is 0.300. The maximum absolute atomic E-state index is 12.9. The first-order valence-electron chi connectivity index (χ1n) is 9.37. The molecule has 30 heavy (non-hydrogen) atoms. The zero-order valence-corrected chi connectivity index (χ0v) is 19.6. The molecule has 2 amide bonds. The second kappa shape index (κ2) is 8.35. The van der Waals surface area contributed by atoms with Gasteiger partial charge >= 0.3 is 0 Å². The van der Waals surface area contributed by atoms with Crippen molar-refractivity contribution in [2.24, 2.45) is 0 Å². The lowest BCUT2D eigenvalue weighted by Crippen LogP contribution is -2.55. The van der Waals surface area contributed by atoms with Crippen molar-refractivity contribution in [3.63, 3.8) is 0 Å². The first-order valence-corrected chi connectivity index (χ1v) is 11.0. The van der Waals surface area contributed by atoms with Crippen molar-refractivity contribution in [2.75, 3.05) is 19.6 Å². The molecule has 0 radical (unpaired) electrons. The van der Waals surface area contributed by atoms with Crippen LogP contribution in [0.15, 0.2) is 50.2 Å². The summed E-state index contributed by atoms with van der Waals surface area (Å²) < 4.78 is 8.20. The van der Waals surface area contributed by atoms with Crippen molar-refractivity contribution >= 4 is 43.7 Å². The molecule has 1 unspecified atom stereocenters. The highest BCUT2D eigenvalue weighted by molar-refractivity contribution is 9.13. The smallest absolute Gasteiger partial charge is 0.293 e. The molecule has 1 atom stereocenters. The Bertz CT molecular complexity index is 1090. The van der Waals surface area contributed by atoms with Gasteiger partial charge in [0.15, 0.2) is 10.4 Å². The minimum absolute atomic E-state index is 0.141. The maximum Gasteiger partial charge on any atom is 0.293 e.